The maximum atomic E-state index is 13.1. The van der Waals surface area contributed by atoms with Gasteiger partial charge < -0.3 is 33.9 Å². The number of Topliss-reactive ketones (excluding diaryl/α,β-unsaturated/α-hetero) is 1. The quantitative estimate of drug-likeness (QED) is 0.157. The topological polar surface area (TPSA) is 155 Å². The van der Waals surface area contributed by atoms with E-state index >= 15 is 0 Å². The van der Waals surface area contributed by atoms with Crippen molar-refractivity contribution in [1.82, 2.24) is 0 Å². The highest BCUT2D eigenvalue weighted by molar-refractivity contribution is 5.88. The zero-order valence-corrected chi connectivity index (χ0v) is 44.6. The molecule has 0 spiro atoms. The van der Waals surface area contributed by atoms with Gasteiger partial charge in [0.25, 0.3) is 0 Å². The average molecular weight is 975 g/mol. The zero-order valence-electron chi connectivity index (χ0n) is 44.6. The van der Waals surface area contributed by atoms with Crippen LogP contribution in [0.4, 0.5) is 0 Å². The normalized spacial score (nSPS) is 37.5. The molecule has 70 heavy (non-hydrogen) atoms. The fourth-order valence-corrected chi connectivity index (χ4v) is 9.75. The molecule has 3 heterocycles. The first kappa shape index (κ1) is 60.1. The van der Waals surface area contributed by atoms with Crippen molar-refractivity contribution < 1.29 is 53.1 Å². The highest BCUT2D eigenvalue weighted by atomic mass is 16.6. The molecule has 3 rings (SSSR count). The smallest absolute Gasteiger partial charge is 0.330 e. The van der Waals surface area contributed by atoms with Crippen molar-refractivity contribution in [3.63, 3.8) is 0 Å². The standard InChI is InChI=1S/C59H90O11/c1-12-47-22-15-13-14-16-24-50(60)33-48-34-52(68-58(64)35-48)37-55(67-11)44(7)26-25-43(6)45(8)54(62)29-40(3)21-18-23-49-36-59(65)70-56(46(49)9)30-42(5)28-53(38-66-10)69-57(63)31-41(4)20-17-19-39(2)27-51(61)32-47/h13-21,23,30,35,40-41,43-47,51-56,61-62H,12,22,24-29,31-34,36-38H2,1-11H3/b15-13+,16-14-,20-17+,21-18+,39-19-,42-30-,49-23+. The predicted molar refractivity (Wildman–Crippen MR) is 278 cm³/mol. The lowest BCUT2D eigenvalue weighted by molar-refractivity contribution is -0.152. The Kier molecular flexibility index (Phi) is 27.5. The lowest BCUT2D eigenvalue weighted by atomic mass is 9.81. The molecule has 0 aliphatic carbocycles. The molecule has 13 unspecified atom stereocenters. The van der Waals surface area contributed by atoms with Gasteiger partial charge >= 0.3 is 17.9 Å². The van der Waals surface area contributed by atoms with Crippen molar-refractivity contribution in [2.24, 2.45) is 41.4 Å². The minimum absolute atomic E-state index is 0.0361. The Bertz CT molecular complexity index is 1900. The third-order valence-corrected chi connectivity index (χ3v) is 14.5. The van der Waals surface area contributed by atoms with Crippen LogP contribution >= 0.6 is 0 Å². The maximum Gasteiger partial charge on any atom is 0.330 e. The van der Waals surface area contributed by atoms with Gasteiger partial charge in [-0.25, -0.2) is 4.79 Å². The average Bonchev–Trinajstić information content (AvgIpc) is 3.28. The second kappa shape index (κ2) is 32.0. The monoisotopic (exact) mass is 975 g/mol. The van der Waals surface area contributed by atoms with E-state index in [1.54, 1.807) is 14.2 Å². The number of ether oxygens (including phenoxy) is 5. The number of cyclic esters (lactones) is 1. The van der Waals surface area contributed by atoms with Crippen LogP contribution in [0.15, 0.2) is 95.2 Å². The van der Waals surface area contributed by atoms with Crippen molar-refractivity contribution in [2.45, 2.75) is 189 Å². The molecule has 1 saturated heterocycles. The molecule has 13 atom stereocenters. The van der Waals surface area contributed by atoms with E-state index in [0.29, 0.717) is 44.4 Å². The number of methoxy groups -OCH3 is 2. The summed E-state index contributed by atoms with van der Waals surface area (Å²) in [5.74, 6) is -0.201. The third-order valence-electron chi connectivity index (χ3n) is 14.5. The minimum Gasteiger partial charge on any atom is -0.460 e. The molecule has 11 heteroatoms. The maximum absolute atomic E-state index is 13.1. The number of esters is 3. The van der Waals surface area contributed by atoms with Gasteiger partial charge in [0.2, 0.25) is 0 Å². The van der Waals surface area contributed by atoms with Gasteiger partial charge in [-0.05, 0) is 87.5 Å². The van der Waals surface area contributed by atoms with E-state index < -0.39 is 30.4 Å². The van der Waals surface area contributed by atoms with Crippen LogP contribution in [-0.2, 0) is 42.9 Å². The summed E-state index contributed by atoms with van der Waals surface area (Å²) >= 11 is 0. The van der Waals surface area contributed by atoms with E-state index in [2.05, 4.69) is 53.7 Å². The molecular weight excluding hydrogens is 885 g/mol. The van der Waals surface area contributed by atoms with E-state index in [9.17, 15) is 29.4 Å². The predicted octanol–water partition coefficient (Wildman–Crippen LogP) is 11.6. The van der Waals surface area contributed by atoms with Crippen LogP contribution in [0.1, 0.15) is 152 Å². The summed E-state index contributed by atoms with van der Waals surface area (Å²) in [6.45, 7) is 18.9. The number of carbonyl (C=O) groups excluding carboxylic acids is 4. The van der Waals surface area contributed by atoms with Crippen LogP contribution in [0.25, 0.3) is 0 Å². The molecule has 1 fully saturated rings. The van der Waals surface area contributed by atoms with Crippen LogP contribution in [0, 0.1) is 41.4 Å². The number of hydrogen-bond acceptors (Lipinski definition) is 11. The SMILES string of the molecule is CCC1C/C=C/C=C\CC(=O)CC2=CC(=O)OC(C2)CC(OC)C(C)CCC(C)C(C)C(O)CC(C)/C=C/C=C2\CC(=O)OC(/C=C(/C)CC(COC)OC(=O)CC(C)/C=C/C=C(/C)CC(O)C1)C2C. The number of aliphatic hydroxyl groups excluding tert-OH is 2. The number of aliphatic hydroxyl groups is 2. The highest BCUT2D eigenvalue weighted by Gasteiger charge is 2.32. The molecule has 392 valence electrons. The number of rotatable bonds is 4. The van der Waals surface area contributed by atoms with Gasteiger partial charge in [-0.1, -0.05) is 144 Å². The number of carbonyl (C=O) groups is 4. The van der Waals surface area contributed by atoms with E-state index in [-0.39, 0.29) is 97.7 Å². The van der Waals surface area contributed by atoms with E-state index in [0.717, 1.165) is 48.0 Å². The Hall–Kier alpha value is -4.16. The van der Waals surface area contributed by atoms with E-state index in [1.807, 2.05) is 75.5 Å². The number of fused-ring (bicyclic) bond motifs is 4. The third kappa shape index (κ3) is 22.9. The van der Waals surface area contributed by atoms with Gasteiger partial charge in [-0.3, -0.25) is 14.4 Å². The fourth-order valence-electron chi connectivity index (χ4n) is 9.75. The summed E-state index contributed by atoms with van der Waals surface area (Å²) < 4.78 is 28.8. The second-order valence-corrected chi connectivity index (χ2v) is 21.0. The molecule has 4 bridgehead atoms. The van der Waals surface area contributed by atoms with Crippen molar-refractivity contribution in [2.75, 3.05) is 20.8 Å². The number of ketones is 1. The van der Waals surface area contributed by atoms with Crippen molar-refractivity contribution in [3.05, 3.63) is 95.2 Å². The van der Waals surface area contributed by atoms with Crippen LogP contribution < -0.4 is 0 Å². The summed E-state index contributed by atoms with van der Waals surface area (Å²) in [4.78, 5) is 51.5. The summed E-state index contributed by atoms with van der Waals surface area (Å²) in [6, 6.07) is 0. The molecule has 0 aromatic heterocycles. The zero-order chi connectivity index (χ0) is 51.8. The van der Waals surface area contributed by atoms with Gasteiger partial charge in [0.15, 0.2) is 0 Å². The van der Waals surface area contributed by atoms with Gasteiger partial charge in [0.05, 0.1) is 37.8 Å². The number of hydrogen-bond donors (Lipinski definition) is 2. The Morgan fingerprint density at radius 2 is 1.41 bits per heavy atom. The molecule has 0 radical (unpaired) electrons. The molecular formula is C59H90O11. The molecule has 0 aromatic carbocycles. The Morgan fingerprint density at radius 1 is 0.714 bits per heavy atom. The van der Waals surface area contributed by atoms with Crippen molar-refractivity contribution >= 4 is 23.7 Å². The van der Waals surface area contributed by atoms with Crippen molar-refractivity contribution in [1.29, 1.82) is 0 Å². The lowest BCUT2D eigenvalue weighted by Gasteiger charge is -2.31. The minimum atomic E-state index is -0.499. The van der Waals surface area contributed by atoms with Crippen LogP contribution in [0.5, 0.6) is 0 Å². The van der Waals surface area contributed by atoms with Gasteiger partial charge in [-0.2, -0.15) is 0 Å². The summed E-state index contributed by atoms with van der Waals surface area (Å²) in [7, 11) is 3.27. The molecule has 0 amide bonds. The molecule has 3 aliphatic rings. The lowest BCUT2D eigenvalue weighted by Crippen LogP contribution is -2.32. The van der Waals surface area contributed by atoms with Gasteiger partial charge in [-0.15, -0.1) is 0 Å². The Balaban J connectivity index is 1.76. The summed E-state index contributed by atoms with van der Waals surface area (Å²) in [5, 5.41) is 22.3. The van der Waals surface area contributed by atoms with Gasteiger partial charge in [0.1, 0.15) is 24.1 Å². The summed E-state index contributed by atoms with van der Waals surface area (Å²) in [5.41, 5.74) is 3.73. The second-order valence-electron chi connectivity index (χ2n) is 21.0. The molecule has 0 aromatic rings. The molecule has 11 nitrogen and oxygen atoms in total. The van der Waals surface area contributed by atoms with E-state index in [4.69, 9.17) is 23.7 Å². The van der Waals surface area contributed by atoms with Crippen LogP contribution in [-0.4, -0.2) is 91.4 Å². The van der Waals surface area contributed by atoms with Crippen LogP contribution in [0.3, 0.4) is 0 Å². The first-order valence-electron chi connectivity index (χ1n) is 26.2. The van der Waals surface area contributed by atoms with Crippen molar-refractivity contribution in [3.8, 4) is 0 Å². The molecule has 0 saturated carbocycles. The van der Waals surface area contributed by atoms with Crippen LogP contribution in [0.2, 0.25) is 0 Å². The highest BCUT2D eigenvalue weighted by Crippen LogP contribution is 2.32. The summed E-state index contributed by atoms with van der Waals surface area (Å²) in [6.07, 6.45) is 28.4. The molecule has 3 aliphatic heterocycles. The molecule has 2 N–H and O–H groups in total. The first-order chi connectivity index (χ1) is 33.3. The Morgan fingerprint density at radius 3 is 2.13 bits per heavy atom. The number of allylic oxidation sites excluding steroid dienone is 10. The fraction of sp³-hybridized carbons (Fsp3) is 0.661. The van der Waals surface area contributed by atoms with E-state index in [1.165, 1.54) is 6.08 Å². The first-order valence-corrected chi connectivity index (χ1v) is 26.2. The Labute approximate surface area is 421 Å². The largest absolute Gasteiger partial charge is 0.460 e. The van der Waals surface area contributed by atoms with Gasteiger partial charge in [0, 0.05) is 58.3 Å².